The maximum absolute atomic E-state index is 10.6. The summed E-state index contributed by atoms with van der Waals surface area (Å²) in [5, 5.41) is 31.1. The summed E-state index contributed by atoms with van der Waals surface area (Å²) in [6.07, 6.45) is 8.20. The Kier molecular flexibility index (Phi) is 10.6. The molecule has 2 aromatic rings. The Hall–Kier alpha value is -3.00. The molecule has 2 aliphatic rings. The fourth-order valence-corrected chi connectivity index (χ4v) is 3.29. The van der Waals surface area contributed by atoms with Crippen LogP contribution in [-0.4, -0.2) is 62.7 Å². The SMILES string of the molecule is CC.CCC.CCC1=CC(c2ccc(-n3nccn3)cc2O)=NN=C(N2CCNCC2)C1. The van der Waals surface area contributed by atoms with E-state index >= 15 is 0 Å². The lowest BCUT2D eigenvalue weighted by atomic mass is 10.0. The van der Waals surface area contributed by atoms with Gasteiger partial charge in [-0.05, 0) is 24.6 Å². The molecule has 3 heterocycles. The summed E-state index contributed by atoms with van der Waals surface area (Å²) in [6, 6.07) is 5.34. The standard InChI is InChI=1S/C19H23N7O.C3H8.C2H6/c1-2-14-11-17(23-24-19(12-14)25-9-7-20-8-10-25)16-4-3-15(13-18(16)27)26-21-5-6-22-26;1-3-2;1-2/h3-6,11,13,20,27H,2,7-10,12H2,1H3;3H2,1-2H3;1-2H3. The number of amidine groups is 1. The van der Waals surface area contributed by atoms with Gasteiger partial charge in [0.2, 0.25) is 0 Å². The van der Waals surface area contributed by atoms with Gasteiger partial charge in [0.15, 0.2) is 0 Å². The van der Waals surface area contributed by atoms with E-state index in [2.05, 4.69) is 51.4 Å². The van der Waals surface area contributed by atoms with Crippen LogP contribution in [0.3, 0.4) is 0 Å². The van der Waals surface area contributed by atoms with Crippen molar-refractivity contribution in [2.45, 2.75) is 53.9 Å². The van der Waals surface area contributed by atoms with Crippen molar-refractivity contribution < 1.29 is 5.11 Å². The molecule has 2 aliphatic heterocycles. The molecule has 0 saturated carbocycles. The van der Waals surface area contributed by atoms with Gasteiger partial charge >= 0.3 is 0 Å². The van der Waals surface area contributed by atoms with E-state index in [1.54, 1.807) is 18.5 Å². The number of aromatic nitrogens is 3. The summed E-state index contributed by atoms with van der Waals surface area (Å²) < 4.78 is 0. The van der Waals surface area contributed by atoms with Gasteiger partial charge in [0.05, 0.1) is 23.8 Å². The Bertz CT molecular complexity index is 910. The molecule has 0 amide bonds. The quantitative estimate of drug-likeness (QED) is 0.749. The van der Waals surface area contributed by atoms with E-state index in [9.17, 15) is 5.11 Å². The van der Waals surface area contributed by atoms with Crippen molar-refractivity contribution in [3.63, 3.8) is 0 Å². The predicted molar refractivity (Wildman–Crippen MR) is 132 cm³/mol. The molecule has 1 fully saturated rings. The van der Waals surface area contributed by atoms with E-state index < -0.39 is 0 Å². The second-order valence-electron chi connectivity index (χ2n) is 7.30. The zero-order valence-corrected chi connectivity index (χ0v) is 20.0. The van der Waals surface area contributed by atoms with Crippen LogP contribution in [0.2, 0.25) is 0 Å². The van der Waals surface area contributed by atoms with Gasteiger partial charge in [-0.1, -0.05) is 46.6 Å². The third-order valence-electron chi connectivity index (χ3n) is 4.84. The first kappa shape index (κ1) is 25.3. The van der Waals surface area contributed by atoms with Gasteiger partial charge < -0.3 is 15.3 Å². The van der Waals surface area contributed by atoms with Gasteiger partial charge in [0.25, 0.3) is 0 Å². The molecule has 0 spiro atoms. The molecule has 0 radical (unpaired) electrons. The first-order valence-electron chi connectivity index (χ1n) is 11.7. The van der Waals surface area contributed by atoms with Gasteiger partial charge in [-0.3, -0.25) is 0 Å². The Morgan fingerprint density at radius 3 is 2.25 bits per heavy atom. The largest absolute Gasteiger partial charge is 0.507 e. The number of hydrogen-bond acceptors (Lipinski definition) is 7. The molecular formula is C24H37N7O. The highest BCUT2D eigenvalue weighted by atomic mass is 16.3. The highest BCUT2D eigenvalue weighted by molar-refractivity contribution is 6.12. The second-order valence-corrected chi connectivity index (χ2v) is 7.30. The van der Waals surface area contributed by atoms with Crippen LogP contribution in [0.4, 0.5) is 0 Å². The molecule has 174 valence electrons. The molecule has 8 nitrogen and oxygen atoms in total. The van der Waals surface area contributed by atoms with E-state index in [-0.39, 0.29) is 5.75 Å². The third-order valence-corrected chi connectivity index (χ3v) is 4.84. The van der Waals surface area contributed by atoms with Crippen LogP contribution >= 0.6 is 0 Å². The molecule has 1 aromatic carbocycles. The molecule has 0 bridgehead atoms. The smallest absolute Gasteiger partial charge is 0.131 e. The fraction of sp³-hybridized carbons (Fsp3) is 0.500. The first-order chi connectivity index (χ1) is 15.7. The summed E-state index contributed by atoms with van der Waals surface area (Å²) in [5.74, 6) is 1.13. The number of nitrogens with zero attached hydrogens (tertiary/aromatic N) is 6. The van der Waals surface area contributed by atoms with E-state index in [0.29, 0.717) is 17.0 Å². The van der Waals surface area contributed by atoms with Crippen LogP contribution in [0.15, 0.2) is 52.4 Å². The number of rotatable bonds is 3. The van der Waals surface area contributed by atoms with Crippen molar-refractivity contribution in [2.75, 3.05) is 26.2 Å². The van der Waals surface area contributed by atoms with Gasteiger partial charge in [-0.25, -0.2) is 0 Å². The van der Waals surface area contributed by atoms with E-state index in [4.69, 9.17) is 0 Å². The minimum Gasteiger partial charge on any atom is -0.507 e. The number of hydrogen-bond donors (Lipinski definition) is 2. The van der Waals surface area contributed by atoms with Crippen molar-refractivity contribution in [2.24, 2.45) is 10.2 Å². The lowest BCUT2D eigenvalue weighted by Gasteiger charge is -2.29. The first-order valence-corrected chi connectivity index (χ1v) is 11.7. The molecule has 2 N–H and O–H groups in total. The summed E-state index contributed by atoms with van der Waals surface area (Å²) in [5.41, 5.74) is 3.28. The summed E-state index contributed by atoms with van der Waals surface area (Å²) in [4.78, 5) is 3.76. The Morgan fingerprint density at radius 2 is 1.66 bits per heavy atom. The summed E-state index contributed by atoms with van der Waals surface area (Å²) >= 11 is 0. The molecule has 1 aromatic heterocycles. The predicted octanol–water partition coefficient (Wildman–Crippen LogP) is 4.16. The minimum atomic E-state index is 0.135. The number of aromatic hydroxyl groups is 1. The molecule has 0 unspecified atom stereocenters. The normalized spacial score (nSPS) is 15.8. The number of nitrogens with one attached hydrogen (secondary N) is 1. The van der Waals surface area contributed by atoms with Crippen molar-refractivity contribution >= 4 is 11.5 Å². The minimum absolute atomic E-state index is 0.135. The maximum Gasteiger partial charge on any atom is 0.131 e. The van der Waals surface area contributed by atoms with Crippen LogP contribution in [0, 0.1) is 0 Å². The van der Waals surface area contributed by atoms with Crippen molar-refractivity contribution in [3.8, 4) is 11.4 Å². The average molecular weight is 440 g/mol. The van der Waals surface area contributed by atoms with Gasteiger partial charge in [0, 0.05) is 44.2 Å². The third kappa shape index (κ3) is 6.75. The van der Waals surface area contributed by atoms with Crippen LogP contribution in [0.25, 0.3) is 5.69 Å². The molecule has 8 heteroatoms. The van der Waals surface area contributed by atoms with Gasteiger partial charge in [-0.2, -0.15) is 15.0 Å². The Morgan fingerprint density at radius 1 is 1.00 bits per heavy atom. The van der Waals surface area contributed by atoms with Gasteiger partial charge in [0.1, 0.15) is 11.6 Å². The van der Waals surface area contributed by atoms with E-state index in [0.717, 1.165) is 44.9 Å². The lowest BCUT2D eigenvalue weighted by molar-refractivity contribution is 0.352. The lowest BCUT2D eigenvalue weighted by Crippen LogP contribution is -2.46. The van der Waals surface area contributed by atoms with Gasteiger partial charge in [-0.15, -0.1) is 10.2 Å². The fourth-order valence-electron chi connectivity index (χ4n) is 3.29. The van der Waals surface area contributed by atoms with E-state index in [1.807, 2.05) is 32.1 Å². The second kappa shape index (κ2) is 13.4. The molecular weight excluding hydrogens is 402 g/mol. The van der Waals surface area contributed by atoms with Crippen LogP contribution in [0.5, 0.6) is 5.75 Å². The van der Waals surface area contributed by atoms with Crippen molar-refractivity contribution in [3.05, 3.63) is 47.8 Å². The zero-order valence-electron chi connectivity index (χ0n) is 20.0. The monoisotopic (exact) mass is 439 g/mol. The van der Waals surface area contributed by atoms with Crippen LogP contribution in [-0.2, 0) is 0 Å². The molecule has 0 atom stereocenters. The maximum atomic E-state index is 10.6. The zero-order chi connectivity index (χ0) is 23.3. The topological polar surface area (TPSA) is 90.9 Å². The number of benzene rings is 1. The highest BCUT2D eigenvalue weighted by Gasteiger charge is 2.19. The van der Waals surface area contributed by atoms with E-state index in [1.165, 1.54) is 16.8 Å². The Labute approximate surface area is 191 Å². The van der Waals surface area contributed by atoms with Crippen LogP contribution in [0.1, 0.15) is 59.4 Å². The van der Waals surface area contributed by atoms with Crippen molar-refractivity contribution in [1.29, 1.82) is 0 Å². The summed E-state index contributed by atoms with van der Waals surface area (Å²) in [6.45, 7) is 14.2. The molecule has 0 aliphatic carbocycles. The number of allylic oxidation sites excluding steroid dienone is 1. The number of piperazine rings is 1. The average Bonchev–Trinajstić information content (AvgIpc) is 3.29. The van der Waals surface area contributed by atoms with Crippen LogP contribution < -0.4 is 5.32 Å². The molecule has 1 saturated heterocycles. The number of phenols is 1. The molecule has 4 rings (SSSR count). The molecule has 32 heavy (non-hydrogen) atoms. The summed E-state index contributed by atoms with van der Waals surface area (Å²) in [7, 11) is 0. The Balaban J connectivity index is 0.000000671. The van der Waals surface area contributed by atoms with Crippen molar-refractivity contribution in [1.82, 2.24) is 25.2 Å². The highest BCUT2D eigenvalue weighted by Crippen LogP contribution is 2.25. The number of phenolic OH excluding ortho intramolecular Hbond substituents is 1.